The topological polar surface area (TPSA) is 42.1 Å². The molecule has 2 atom stereocenters. The van der Waals surface area contributed by atoms with Crippen molar-refractivity contribution in [3.8, 4) is 0 Å². The van der Waals surface area contributed by atoms with Crippen molar-refractivity contribution < 1.29 is 0 Å². The first-order chi connectivity index (χ1) is 8.65. The van der Waals surface area contributed by atoms with Crippen molar-refractivity contribution in [2.45, 2.75) is 19.9 Å². The summed E-state index contributed by atoms with van der Waals surface area (Å²) >= 11 is 0. The molecule has 3 rings (SSSR count). The Hall–Kier alpha value is -1.61. The summed E-state index contributed by atoms with van der Waals surface area (Å²) in [6, 6.07) is 10.8. The molecule has 2 N–H and O–H groups in total. The van der Waals surface area contributed by atoms with Crippen LogP contribution in [-0.2, 0) is 0 Å². The van der Waals surface area contributed by atoms with Gasteiger partial charge in [-0.3, -0.25) is 4.98 Å². The fraction of sp³-hybridized carbons (Fsp3) is 0.400. The summed E-state index contributed by atoms with van der Waals surface area (Å²) < 4.78 is 0. The van der Waals surface area contributed by atoms with Gasteiger partial charge in [-0.25, -0.2) is 0 Å². The molecule has 3 heteroatoms. The normalized spacial score (nSPS) is 23.8. The molecule has 0 amide bonds. The Balaban J connectivity index is 2.11. The SMILES string of the molecule is Cc1cc(N2CC(C)C(N)C2)c2ccccc2n1. The van der Waals surface area contributed by atoms with Crippen molar-refractivity contribution >= 4 is 16.6 Å². The highest BCUT2D eigenvalue weighted by molar-refractivity contribution is 5.92. The lowest BCUT2D eigenvalue weighted by molar-refractivity contribution is 0.566. The Kier molecular flexibility index (Phi) is 2.71. The second-order valence-electron chi connectivity index (χ2n) is 5.35. The molecule has 1 aromatic heterocycles. The van der Waals surface area contributed by atoms with E-state index in [0.717, 1.165) is 24.3 Å². The maximum absolute atomic E-state index is 6.13. The van der Waals surface area contributed by atoms with Crippen molar-refractivity contribution in [1.29, 1.82) is 0 Å². The van der Waals surface area contributed by atoms with Gasteiger partial charge in [0, 0.05) is 35.9 Å². The van der Waals surface area contributed by atoms with Gasteiger partial charge in [0.15, 0.2) is 0 Å². The number of anilines is 1. The molecule has 1 aliphatic rings. The van der Waals surface area contributed by atoms with Gasteiger partial charge in [0.25, 0.3) is 0 Å². The first kappa shape index (κ1) is 11.5. The van der Waals surface area contributed by atoms with E-state index in [1.807, 2.05) is 6.07 Å². The molecule has 1 fully saturated rings. The zero-order chi connectivity index (χ0) is 12.7. The number of rotatable bonds is 1. The minimum atomic E-state index is 0.275. The summed E-state index contributed by atoms with van der Waals surface area (Å²) in [5.41, 5.74) is 9.54. The van der Waals surface area contributed by atoms with Crippen LogP contribution in [0.1, 0.15) is 12.6 Å². The van der Waals surface area contributed by atoms with Gasteiger partial charge in [0.2, 0.25) is 0 Å². The first-order valence-corrected chi connectivity index (χ1v) is 6.52. The van der Waals surface area contributed by atoms with Gasteiger partial charge in [-0.15, -0.1) is 0 Å². The van der Waals surface area contributed by atoms with E-state index < -0.39 is 0 Å². The number of aryl methyl sites for hydroxylation is 1. The predicted molar refractivity (Wildman–Crippen MR) is 75.8 cm³/mol. The smallest absolute Gasteiger partial charge is 0.0726 e. The average Bonchev–Trinajstić information content (AvgIpc) is 2.68. The Labute approximate surface area is 108 Å². The molecule has 94 valence electrons. The number of hydrogen-bond donors (Lipinski definition) is 1. The molecule has 0 spiro atoms. The number of para-hydroxylation sites is 1. The highest BCUT2D eigenvalue weighted by Crippen LogP contribution is 2.30. The molecule has 2 heterocycles. The van der Waals surface area contributed by atoms with Gasteiger partial charge in [0.05, 0.1) is 5.52 Å². The molecule has 2 unspecified atom stereocenters. The van der Waals surface area contributed by atoms with Crippen molar-refractivity contribution in [3.05, 3.63) is 36.0 Å². The van der Waals surface area contributed by atoms with Crippen molar-refractivity contribution in [2.24, 2.45) is 11.7 Å². The number of benzene rings is 1. The lowest BCUT2D eigenvalue weighted by atomic mass is 10.1. The molecular weight excluding hydrogens is 222 g/mol. The van der Waals surface area contributed by atoms with Crippen LogP contribution in [-0.4, -0.2) is 24.1 Å². The van der Waals surface area contributed by atoms with Gasteiger partial charge in [-0.1, -0.05) is 25.1 Å². The van der Waals surface area contributed by atoms with E-state index in [1.165, 1.54) is 11.1 Å². The standard InChI is InChI=1S/C15H19N3/c1-10-8-18(9-13(10)16)15-7-11(2)17-14-6-4-3-5-12(14)15/h3-7,10,13H,8-9,16H2,1-2H3. The predicted octanol–water partition coefficient (Wildman–Crippen LogP) is 2.33. The number of nitrogens with two attached hydrogens (primary N) is 1. The van der Waals surface area contributed by atoms with Crippen LogP contribution in [0.2, 0.25) is 0 Å². The summed E-state index contributed by atoms with van der Waals surface area (Å²) in [6.45, 7) is 6.25. The third kappa shape index (κ3) is 1.85. The highest BCUT2D eigenvalue weighted by atomic mass is 15.2. The lowest BCUT2D eigenvalue weighted by Crippen LogP contribution is -2.28. The third-order valence-corrected chi connectivity index (χ3v) is 3.83. The van der Waals surface area contributed by atoms with Crippen LogP contribution >= 0.6 is 0 Å². The highest BCUT2D eigenvalue weighted by Gasteiger charge is 2.27. The van der Waals surface area contributed by atoms with E-state index in [4.69, 9.17) is 5.73 Å². The van der Waals surface area contributed by atoms with Gasteiger partial charge < -0.3 is 10.6 Å². The zero-order valence-electron chi connectivity index (χ0n) is 10.9. The number of fused-ring (bicyclic) bond motifs is 1. The molecule has 2 aromatic rings. The van der Waals surface area contributed by atoms with Gasteiger partial charge in [-0.05, 0) is 25.0 Å². The summed E-state index contributed by atoms with van der Waals surface area (Å²) in [7, 11) is 0. The average molecular weight is 241 g/mol. The summed E-state index contributed by atoms with van der Waals surface area (Å²) in [6.07, 6.45) is 0. The first-order valence-electron chi connectivity index (χ1n) is 6.52. The molecule has 3 nitrogen and oxygen atoms in total. The van der Waals surface area contributed by atoms with Crippen molar-refractivity contribution in [1.82, 2.24) is 4.98 Å². The van der Waals surface area contributed by atoms with Crippen LogP contribution in [0, 0.1) is 12.8 Å². The summed E-state index contributed by atoms with van der Waals surface area (Å²) in [5, 5.41) is 1.23. The van der Waals surface area contributed by atoms with Gasteiger partial charge in [-0.2, -0.15) is 0 Å². The monoisotopic (exact) mass is 241 g/mol. The Morgan fingerprint density at radius 1 is 1.28 bits per heavy atom. The molecule has 0 bridgehead atoms. The fourth-order valence-electron chi connectivity index (χ4n) is 2.74. The van der Waals surface area contributed by atoms with E-state index in [2.05, 4.69) is 48.0 Å². The molecule has 18 heavy (non-hydrogen) atoms. The van der Waals surface area contributed by atoms with E-state index >= 15 is 0 Å². The molecule has 1 aromatic carbocycles. The van der Waals surface area contributed by atoms with Crippen LogP contribution in [0.15, 0.2) is 30.3 Å². The number of hydrogen-bond acceptors (Lipinski definition) is 3. The Bertz CT molecular complexity index is 569. The summed E-state index contributed by atoms with van der Waals surface area (Å²) in [4.78, 5) is 6.98. The van der Waals surface area contributed by atoms with Crippen molar-refractivity contribution in [3.63, 3.8) is 0 Å². The Morgan fingerprint density at radius 3 is 2.78 bits per heavy atom. The number of aromatic nitrogens is 1. The quantitative estimate of drug-likeness (QED) is 0.833. The van der Waals surface area contributed by atoms with Crippen LogP contribution in [0.25, 0.3) is 10.9 Å². The third-order valence-electron chi connectivity index (χ3n) is 3.83. The molecule has 1 aliphatic heterocycles. The largest absolute Gasteiger partial charge is 0.369 e. The van der Waals surface area contributed by atoms with Gasteiger partial charge >= 0.3 is 0 Å². The second kappa shape index (κ2) is 4.25. The van der Waals surface area contributed by atoms with Gasteiger partial charge in [0.1, 0.15) is 0 Å². The van der Waals surface area contributed by atoms with E-state index in [0.29, 0.717) is 5.92 Å². The van der Waals surface area contributed by atoms with Crippen LogP contribution in [0.4, 0.5) is 5.69 Å². The summed E-state index contributed by atoms with van der Waals surface area (Å²) in [5.74, 6) is 0.553. The lowest BCUT2D eigenvalue weighted by Gasteiger charge is -2.20. The second-order valence-corrected chi connectivity index (χ2v) is 5.35. The van der Waals surface area contributed by atoms with Crippen LogP contribution in [0.3, 0.4) is 0 Å². The van der Waals surface area contributed by atoms with E-state index in [1.54, 1.807) is 0 Å². The molecule has 0 saturated carbocycles. The molecule has 0 radical (unpaired) electrons. The molecule has 1 saturated heterocycles. The van der Waals surface area contributed by atoms with E-state index in [-0.39, 0.29) is 6.04 Å². The Morgan fingerprint density at radius 2 is 2.06 bits per heavy atom. The molecular formula is C15H19N3. The fourth-order valence-corrected chi connectivity index (χ4v) is 2.74. The maximum atomic E-state index is 6.13. The zero-order valence-corrected chi connectivity index (χ0v) is 10.9. The van der Waals surface area contributed by atoms with Crippen LogP contribution < -0.4 is 10.6 Å². The minimum absolute atomic E-state index is 0.275. The molecule has 0 aliphatic carbocycles. The maximum Gasteiger partial charge on any atom is 0.0726 e. The minimum Gasteiger partial charge on any atom is -0.369 e. The van der Waals surface area contributed by atoms with Crippen LogP contribution in [0.5, 0.6) is 0 Å². The number of nitrogens with zero attached hydrogens (tertiary/aromatic N) is 2. The van der Waals surface area contributed by atoms with Crippen molar-refractivity contribution in [2.75, 3.05) is 18.0 Å². The number of pyridine rings is 1. The van der Waals surface area contributed by atoms with E-state index in [9.17, 15) is 0 Å².